The topological polar surface area (TPSA) is 26.6 Å². The molecule has 3 aromatic rings. The van der Waals surface area contributed by atoms with E-state index in [4.69, 9.17) is 21.1 Å². The molecule has 1 aromatic heterocycles. The zero-order chi connectivity index (χ0) is 19.7. The van der Waals surface area contributed by atoms with Crippen molar-refractivity contribution in [3.63, 3.8) is 0 Å². The van der Waals surface area contributed by atoms with Gasteiger partial charge in [-0.15, -0.1) is 0 Å². The fourth-order valence-corrected chi connectivity index (χ4v) is 4.13. The first-order valence-corrected chi connectivity index (χ1v) is 9.88. The first-order chi connectivity index (χ1) is 13.6. The Morgan fingerprint density at radius 2 is 1.75 bits per heavy atom. The van der Waals surface area contributed by atoms with Crippen LogP contribution in [0.4, 0.5) is 0 Å². The van der Waals surface area contributed by atoms with Crippen LogP contribution in [0.2, 0.25) is 5.02 Å². The van der Waals surface area contributed by atoms with Crippen molar-refractivity contribution in [2.75, 3.05) is 34.4 Å². The first kappa shape index (κ1) is 18.9. The third-order valence-electron chi connectivity index (χ3n) is 5.48. The van der Waals surface area contributed by atoms with E-state index in [0.29, 0.717) is 0 Å². The molecule has 0 radical (unpaired) electrons. The van der Waals surface area contributed by atoms with Gasteiger partial charge < -0.3 is 18.9 Å². The van der Waals surface area contributed by atoms with Crippen LogP contribution in [-0.2, 0) is 12.8 Å². The highest BCUT2D eigenvalue weighted by Crippen LogP contribution is 2.32. The molecule has 0 unspecified atom stereocenters. The van der Waals surface area contributed by atoms with E-state index in [-0.39, 0.29) is 0 Å². The van der Waals surface area contributed by atoms with Gasteiger partial charge in [0.15, 0.2) is 11.5 Å². The van der Waals surface area contributed by atoms with Gasteiger partial charge in [0.1, 0.15) is 0 Å². The molecule has 0 saturated heterocycles. The second-order valence-electron chi connectivity index (χ2n) is 7.19. The van der Waals surface area contributed by atoms with Gasteiger partial charge in [0.05, 0.1) is 19.7 Å². The molecule has 2 heterocycles. The van der Waals surface area contributed by atoms with E-state index < -0.39 is 0 Å². The van der Waals surface area contributed by atoms with E-state index in [9.17, 15) is 0 Å². The number of fused-ring (bicyclic) bond motifs is 3. The predicted octanol–water partition coefficient (Wildman–Crippen LogP) is 4.97. The lowest BCUT2D eigenvalue weighted by atomic mass is 10.1. The van der Waals surface area contributed by atoms with Gasteiger partial charge in [0, 0.05) is 41.8 Å². The zero-order valence-electron chi connectivity index (χ0n) is 16.5. The van der Waals surface area contributed by atoms with Crippen LogP contribution in [0.25, 0.3) is 23.2 Å². The number of rotatable bonds is 4. The molecule has 0 saturated carbocycles. The van der Waals surface area contributed by atoms with E-state index >= 15 is 0 Å². The molecule has 1 aliphatic heterocycles. The molecule has 0 aliphatic carbocycles. The molecule has 5 heteroatoms. The van der Waals surface area contributed by atoms with Gasteiger partial charge >= 0.3 is 0 Å². The van der Waals surface area contributed by atoms with Gasteiger partial charge in [-0.25, -0.2) is 0 Å². The van der Waals surface area contributed by atoms with Crippen molar-refractivity contribution in [3.05, 3.63) is 58.2 Å². The third-order valence-corrected chi connectivity index (χ3v) is 5.72. The highest BCUT2D eigenvalue weighted by Gasteiger charge is 2.20. The molecule has 0 N–H and O–H groups in total. The summed E-state index contributed by atoms with van der Waals surface area (Å²) in [4.78, 5) is 2.39. The predicted molar refractivity (Wildman–Crippen MR) is 117 cm³/mol. The van der Waals surface area contributed by atoms with Crippen molar-refractivity contribution in [1.29, 1.82) is 0 Å². The highest BCUT2D eigenvalue weighted by molar-refractivity contribution is 6.31. The molecular weight excluding hydrogens is 372 g/mol. The summed E-state index contributed by atoms with van der Waals surface area (Å²) in [5.74, 6) is 1.46. The summed E-state index contributed by atoms with van der Waals surface area (Å²) >= 11 is 6.31. The molecule has 0 bridgehead atoms. The molecule has 0 spiro atoms. The van der Waals surface area contributed by atoms with Crippen molar-refractivity contribution in [2.24, 2.45) is 0 Å². The molecule has 0 amide bonds. The maximum atomic E-state index is 6.31. The summed E-state index contributed by atoms with van der Waals surface area (Å²) in [5, 5.41) is 2.05. The van der Waals surface area contributed by atoms with Crippen LogP contribution in [0.3, 0.4) is 0 Å². The smallest absolute Gasteiger partial charge is 0.161 e. The quantitative estimate of drug-likeness (QED) is 0.622. The van der Waals surface area contributed by atoms with Crippen molar-refractivity contribution in [2.45, 2.75) is 12.8 Å². The van der Waals surface area contributed by atoms with Gasteiger partial charge in [0.25, 0.3) is 0 Å². The fraction of sp³-hybridized carbons (Fsp3) is 0.304. The number of benzene rings is 2. The minimum absolute atomic E-state index is 0.731. The van der Waals surface area contributed by atoms with E-state index in [1.807, 2.05) is 24.3 Å². The SMILES string of the molecule is COc1ccc(C=Cn2c3c(c4cc(Cl)ccc42)CCN(C)CC3)cc1OC. The molecule has 28 heavy (non-hydrogen) atoms. The summed E-state index contributed by atoms with van der Waals surface area (Å²) < 4.78 is 13.1. The van der Waals surface area contributed by atoms with Gasteiger partial charge in [-0.2, -0.15) is 0 Å². The number of nitrogens with zero attached hydrogens (tertiary/aromatic N) is 2. The van der Waals surface area contributed by atoms with Crippen LogP contribution in [0.15, 0.2) is 36.4 Å². The molecule has 1 aliphatic rings. The van der Waals surface area contributed by atoms with Crippen LogP contribution < -0.4 is 9.47 Å². The Kier molecular flexibility index (Phi) is 5.33. The van der Waals surface area contributed by atoms with Crippen LogP contribution >= 0.6 is 11.6 Å². The summed E-state index contributed by atoms with van der Waals surface area (Å²) in [6.45, 7) is 2.12. The molecule has 0 atom stereocenters. The van der Waals surface area contributed by atoms with E-state index in [1.54, 1.807) is 14.2 Å². The molecule has 0 fully saturated rings. The van der Waals surface area contributed by atoms with Crippen molar-refractivity contribution in [1.82, 2.24) is 9.47 Å². The van der Waals surface area contributed by atoms with E-state index in [0.717, 1.165) is 48.0 Å². The molecule has 4 nitrogen and oxygen atoms in total. The standard InChI is InChI=1S/C23H25ClN2O2/c1-25-11-9-18-19-15-17(24)5-6-20(19)26(21(18)10-12-25)13-8-16-4-7-22(27-2)23(14-16)28-3/h4-8,13-15H,9-12H2,1-3H3. The van der Waals surface area contributed by atoms with Crippen LogP contribution in [0.5, 0.6) is 11.5 Å². The lowest BCUT2D eigenvalue weighted by molar-refractivity contribution is 0.351. The Morgan fingerprint density at radius 1 is 0.964 bits per heavy atom. The lowest BCUT2D eigenvalue weighted by Crippen LogP contribution is -2.21. The van der Waals surface area contributed by atoms with Crippen molar-refractivity contribution < 1.29 is 9.47 Å². The maximum Gasteiger partial charge on any atom is 0.161 e. The molecule has 2 aromatic carbocycles. The fourth-order valence-electron chi connectivity index (χ4n) is 3.96. The number of likely N-dealkylation sites (N-methyl/N-ethyl adjacent to an activating group) is 1. The zero-order valence-corrected chi connectivity index (χ0v) is 17.3. The average molecular weight is 397 g/mol. The van der Waals surface area contributed by atoms with Crippen molar-refractivity contribution >= 4 is 34.8 Å². The number of ether oxygens (including phenoxy) is 2. The van der Waals surface area contributed by atoms with E-state index in [2.05, 4.69) is 40.9 Å². The summed E-state index contributed by atoms with van der Waals surface area (Å²) in [6, 6.07) is 12.1. The minimum Gasteiger partial charge on any atom is -0.493 e. The molecule has 146 valence electrons. The third kappa shape index (κ3) is 3.50. The van der Waals surface area contributed by atoms with Crippen LogP contribution in [0, 0.1) is 0 Å². The maximum absolute atomic E-state index is 6.31. The van der Waals surface area contributed by atoms with E-state index in [1.165, 1.54) is 22.2 Å². The van der Waals surface area contributed by atoms with Crippen LogP contribution in [0.1, 0.15) is 16.8 Å². The minimum atomic E-state index is 0.731. The summed E-state index contributed by atoms with van der Waals surface area (Å²) in [6.07, 6.45) is 6.33. The van der Waals surface area contributed by atoms with Gasteiger partial charge in [-0.1, -0.05) is 17.7 Å². The Balaban J connectivity index is 1.79. The number of hydrogen-bond acceptors (Lipinski definition) is 3. The summed E-state index contributed by atoms with van der Waals surface area (Å²) in [7, 11) is 5.49. The van der Waals surface area contributed by atoms with Gasteiger partial charge in [-0.05, 0) is 61.0 Å². The normalized spacial score (nSPS) is 15.0. The lowest BCUT2D eigenvalue weighted by Gasteiger charge is -2.12. The Hall–Kier alpha value is -2.43. The average Bonchev–Trinajstić information content (AvgIpc) is 2.85. The van der Waals surface area contributed by atoms with Crippen molar-refractivity contribution in [3.8, 4) is 11.5 Å². The summed E-state index contributed by atoms with van der Waals surface area (Å²) in [5.41, 5.74) is 5.06. The van der Waals surface area contributed by atoms with Gasteiger partial charge in [0.2, 0.25) is 0 Å². The largest absolute Gasteiger partial charge is 0.493 e. The van der Waals surface area contributed by atoms with Crippen LogP contribution in [-0.4, -0.2) is 43.8 Å². The second-order valence-corrected chi connectivity index (χ2v) is 7.63. The number of halogens is 1. The first-order valence-electron chi connectivity index (χ1n) is 9.50. The Labute approximate surface area is 170 Å². The Morgan fingerprint density at radius 3 is 2.54 bits per heavy atom. The second kappa shape index (κ2) is 7.90. The number of hydrogen-bond donors (Lipinski definition) is 0. The monoisotopic (exact) mass is 396 g/mol. The highest BCUT2D eigenvalue weighted by atomic mass is 35.5. The molecule has 4 rings (SSSR count). The molecular formula is C23H25ClN2O2. The number of methoxy groups -OCH3 is 2. The van der Waals surface area contributed by atoms with Gasteiger partial charge in [-0.3, -0.25) is 0 Å². The Bertz CT molecular complexity index is 1040. The number of aromatic nitrogens is 1.